The molecule has 13 heteroatoms. The van der Waals surface area contributed by atoms with Gasteiger partial charge in [0.15, 0.2) is 0 Å². The molecule has 0 bridgehead atoms. The van der Waals surface area contributed by atoms with E-state index in [2.05, 4.69) is 20.9 Å². The Morgan fingerprint density at radius 3 is 2.09 bits per heavy atom. The van der Waals surface area contributed by atoms with E-state index in [1.54, 1.807) is 36.5 Å². The average Bonchev–Trinajstić information content (AvgIpc) is 3.41. The molecule has 1 heterocycles. The van der Waals surface area contributed by atoms with E-state index < -0.39 is 53.8 Å². The smallest absolute Gasteiger partial charge is 0.326 e. The van der Waals surface area contributed by atoms with E-state index in [1.165, 1.54) is 0 Å². The molecule has 4 unspecified atom stereocenters. The van der Waals surface area contributed by atoms with Crippen molar-refractivity contribution in [3.8, 4) is 0 Å². The van der Waals surface area contributed by atoms with Crippen molar-refractivity contribution in [2.24, 2.45) is 17.2 Å². The fourth-order valence-corrected chi connectivity index (χ4v) is 4.82. The number of nitrogens with one attached hydrogen (secondary N) is 4. The van der Waals surface area contributed by atoms with Crippen LogP contribution in [0.15, 0.2) is 60.8 Å². The molecule has 13 nitrogen and oxygen atoms in total. The van der Waals surface area contributed by atoms with Crippen LogP contribution in [0.2, 0.25) is 0 Å². The van der Waals surface area contributed by atoms with Gasteiger partial charge in [0, 0.05) is 29.9 Å². The molecule has 3 aromatic rings. The Morgan fingerprint density at radius 2 is 1.41 bits per heavy atom. The Hall–Kier alpha value is -4.75. The predicted octanol–water partition coefficient (Wildman–Crippen LogP) is 0.214. The highest BCUT2D eigenvalue weighted by molar-refractivity contribution is 5.94. The maximum Gasteiger partial charge on any atom is 0.326 e. The zero-order chi connectivity index (χ0) is 32.1. The fraction of sp³-hybridized carbons (Fsp3) is 0.387. The third-order valence-electron chi connectivity index (χ3n) is 7.24. The van der Waals surface area contributed by atoms with Crippen LogP contribution < -0.4 is 33.2 Å². The molecular weight excluding hydrogens is 566 g/mol. The minimum absolute atomic E-state index is 0.0457. The number of hydrogen-bond donors (Lipinski definition) is 8. The lowest BCUT2D eigenvalue weighted by Gasteiger charge is -2.25. The molecule has 4 amide bonds. The minimum Gasteiger partial charge on any atom is -0.480 e. The molecule has 4 atom stereocenters. The third-order valence-corrected chi connectivity index (χ3v) is 7.24. The van der Waals surface area contributed by atoms with E-state index in [9.17, 15) is 29.1 Å². The van der Waals surface area contributed by atoms with Gasteiger partial charge in [-0.25, -0.2) is 4.79 Å². The molecule has 0 saturated carbocycles. The average molecular weight is 608 g/mol. The number of amides is 4. The SMILES string of the molecule is NCCCCC(NC(=O)C(N)Cc1c[nH]c2ccccc12)C(=O)NC(Cc1ccccc1)C(=O)NC(CCC(N)=O)C(=O)O. The van der Waals surface area contributed by atoms with Crippen LogP contribution in [0, 0.1) is 0 Å². The molecule has 1 aromatic heterocycles. The number of carboxylic acid groups (broad SMARTS) is 1. The Morgan fingerprint density at radius 1 is 0.773 bits per heavy atom. The molecule has 0 spiro atoms. The van der Waals surface area contributed by atoms with Crippen LogP contribution in [0.1, 0.15) is 43.2 Å². The van der Waals surface area contributed by atoms with E-state index >= 15 is 0 Å². The number of nitrogens with two attached hydrogens (primary N) is 3. The summed E-state index contributed by atoms with van der Waals surface area (Å²) >= 11 is 0. The van der Waals surface area contributed by atoms with Crippen LogP contribution >= 0.6 is 0 Å². The van der Waals surface area contributed by atoms with Crippen molar-refractivity contribution < 1.29 is 29.1 Å². The van der Waals surface area contributed by atoms with Gasteiger partial charge in [-0.05, 0) is 55.8 Å². The van der Waals surface area contributed by atoms with Crippen LogP contribution in [0.3, 0.4) is 0 Å². The number of H-pyrrole nitrogens is 1. The van der Waals surface area contributed by atoms with Crippen molar-refractivity contribution in [1.82, 2.24) is 20.9 Å². The maximum atomic E-state index is 13.6. The third kappa shape index (κ3) is 10.2. The standard InChI is InChI=1S/C31H41N7O6/c32-15-7-6-12-24(36-28(40)22(33)17-20-18-35-23-11-5-4-10-21(20)23)29(41)38-26(16-19-8-2-1-3-9-19)30(42)37-25(31(43)44)13-14-27(34)39/h1-5,8-11,18,22,24-26,35H,6-7,12-17,32-33H2,(H2,34,39)(H,36,40)(H,37,42)(H,38,41)(H,43,44). The van der Waals surface area contributed by atoms with E-state index in [0.717, 1.165) is 16.5 Å². The van der Waals surface area contributed by atoms with Crippen molar-refractivity contribution in [2.45, 2.75) is 69.1 Å². The number of rotatable bonds is 18. The lowest BCUT2D eigenvalue weighted by Crippen LogP contribution is -2.57. The lowest BCUT2D eigenvalue weighted by atomic mass is 10.0. The largest absolute Gasteiger partial charge is 0.480 e. The van der Waals surface area contributed by atoms with Gasteiger partial charge in [0.1, 0.15) is 18.1 Å². The molecule has 0 aliphatic heterocycles. The zero-order valence-electron chi connectivity index (χ0n) is 24.5. The molecule has 236 valence electrons. The summed E-state index contributed by atoms with van der Waals surface area (Å²) in [5.74, 6) is -3.99. The molecule has 0 saturated heterocycles. The van der Waals surface area contributed by atoms with Crippen molar-refractivity contribution in [1.29, 1.82) is 0 Å². The number of carboxylic acids is 1. The molecule has 0 aliphatic rings. The molecule has 0 fully saturated rings. The maximum absolute atomic E-state index is 13.6. The minimum atomic E-state index is -1.40. The molecular formula is C31H41N7O6. The number of benzene rings is 2. The summed E-state index contributed by atoms with van der Waals surface area (Å²) in [5, 5.41) is 18.3. The molecule has 0 radical (unpaired) electrons. The highest BCUT2D eigenvalue weighted by atomic mass is 16.4. The first kappa shape index (κ1) is 33.7. The number of hydrogen-bond acceptors (Lipinski definition) is 7. The van der Waals surface area contributed by atoms with Crippen LogP contribution in [-0.4, -0.2) is 70.4 Å². The highest BCUT2D eigenvalue weighted by Crippen LogP contribution is 2.19. The van der Waals surface area contributed by atoms with Crippen molar-refractivity contribution in [3.05, 3.63) is 71.9 Å². The van der Waals surface area contributed by atoms with Crippen LogP contribution in [0.4, 0.5) is 0 Å². The first-order chi connectivity index (χ1) is 21.1. The van der Waals surface area contributed by atoms with Crippen molar-refractivity contribution in [3.63, 3.8) is 0 Å². The molecule has 3 rings (SSSR count). The molecule has 44 heavy (non-hydrogen) atoms. The molecule has 2 aromatic carbocycles. The number of fused-ring (bicyclic) bond motifs is 1. The lowest BCUT2D eigenvalue weighted by molar-refractivity contribution is -0.142. The van der Waals surface area contributed by atoms with Gasteiger partial charge >= 0.3 is 5.97 Å². The van der Waals surface area contributed by atoms with Crippen molar-refractivity contribution >= 4 is 40.5 Å². The Kier molecular flexibility index (Phi) is 12.9. The van der Waals surface area contributed by atoms with Gasteiger partial charge in [-0.15, -0.1) is 0 Å². The first-order valence-electron chi connectivity index (χ1n) is 14.6. The fourth-order valence-electron chi connectivity index (χ4n) is 4.82. The Balaban J connectivity index is 1.75. The van der Waals surface area contributed by atoms with E-state index in [0.29, 0.717) is 24.9 Å². The highest BCUT2D eigenvalue weighted by Gasteiger charge is 2.30. The number of aromatic amines is 1. The number of carbonyl (C=O) groups is 5. The van der Waals surface area contributed by atoms with Crippen LogP contribution in [0.5, 0.6) is 0 Å². The van der Waals surface area contributed by atoms with E-state index in [-0.39, 0.29) is 32.1 Å². The Bertz CT molecular complexity index is 1430. The van der Waals surface area contributed by atoms with E-state index in [1.807, 2.05) is 24.3 Å². The number of aliphatic carboxylic acids is 1. The van der Waals surface area contributed by atoms with Crippen LogP contribution in [0.25, 0.3) is 10.9 Å². The number of carbonyl (C=O) groups excluding carboxylic acids is 4. The molecule has 0 aliphatic carbocycles. The first-order valence-corrected chi connectivity index (χ1v) is 14.6. The van der Waals surface area contributed by atoms with Crippen LogP contribution in [-0.2, 0) is 36.8 Å². The number of unbranched alkanes of at least 4 members (excludes halogenated alkanes) is 1. The second-order valence-corrected chi connectivity index (χ2v) is 10.7. The summed E-state index contributed by atoms with van der Waals surface area (Å²) in [7, 11) is 0. The zero-order valence-corrected chi connectivity index (χ0v) is 24.5. The normalized spacial score (nSPS) is 13.8. The summed E-state index contributed by atoms with van der Waals surface area (Å²) in [6.45, 7) is 0.392. The van der Waals surface area contributed by atoms with Gasteiger partial charge in [0.05, 0.1) is 6.04 Å². The predicted molar refractivity (Wildman–Crippen MR) is 165 cm³/mol. The molecule has 11 N–H and O–H groups in total. The van der Waals surface area contributed by atoms with Gasteiger partial charge in [0.2, 0.25) is 23.6 Å². The number of aromatic nitrogens is 1. The van der Waals surface area contributed by atoms with Gasteiger partial charge in [0.25, 0.3) is 0 Å². The summed E-state index contributed by atoms with van der Waals surface area (Å²) in [4.78, 5) is 66.2. The van der Waals surface area contributed by atoms with Crippen molar-refractivity contribution in [2.75, 3.05) is 6.54 Å². The number of para-hydroxylation sites is 1. The summed E-state index contributed by atoms with van der Waals surface area (Å²) < 4.78 is 0. The summed E-state index contributed by atoms with van der Waals surface area (Å²) in [6, 6.07) is 11.9. The second kappa shape index (κ2) is 16.8. The summed E-state index contributed by atoms with van der Waals surface area (Å²) in [5.41, 5.74) is 19.5. The van der Waals surface area contributed by atoms with Gasteiger partial charge in [-0.3, -0.25) is 19.2 Å². The monoisotopic (exact) mass is 607 g/mol. The Labute approximate surface area is 255 Å². The van der Waals surface area contributed by atoms with Gasteiger partial charge in [-0.1, -0.05) is 48.5 Å². The topological polar surface area (TPSA) is 236 Å². The summed E-state index contributed by atoms with van der Waals surface area (Å²) in [6.07, 6.45) is 2.98. The number of primary amides is 1. The van der Waals surface area contributed by atoms with Gasteiger partial charge in [-0.2, -0.15) is 0 Å². The van der Waals surface area contributed by atoms with Gasteiger partial charge < -0.3 is 43.2 Å². The second-order valence-electron chi connectivity index (χ2n) is 10.7. The van der Waals surface area contributed by atoms with E-state index in [4.69, 9.17) is 17.2 Å². The quantitative estimate of drug-likeness (QED) is 0.0929.